The van der Waals surface area contributed by atoms with Crippen LogP contribution in [0.1, 0.15) is 21.5 Å². The van der Waals surface area contributed by atoms with E-state index in [1.165, 1.54) is 13.2 Å². The molecule has 3 rings (SSSR count). The van der Waals surface area contributed by atoms with Crippen LogP contribution in [0.5, 0.6) is 5.75 Å². The maximum absolute atomic E-state index is 12.8. The molecular weight excluding hydrogens is 371 g/mol. The van der Waals surface area contributed by atoms with E-state index in [0.29, 0.717) is 23.3 Å². The Morgan fingerprint density at radius 3 is 2.71 bits per heavy atom. The Morgan fingerprint density at radius 2 is 2.04 bits per heavy atom. The van der Waals surface area contributed by atoms with Crippen LogP contribution >= 0.6 is 0 Å². The monoisotopic (exact) mass is 389 g/mol. The number of nitrogens with one attached hydrogen (secondary N) is 2. The first kappa shape index (κ1) is 19.5. The van der Waals surface area contributed by atoms with Crippen LogP contribution in [0.4, 0.5) is 13.2 Å². The summed E-state index contributed by atoms with van der Waals surface area (Å²) in [6.07, 6.45) is -0.730. The van der Waals surface area contributed by atoms with Crippen molar-refractivity contribution < 1.29 is 22.7 Å². The van der Waals surface area contributed by atoms with Crippen molar-refractivity contribution in [2.24, 2.45) is 0 Å². The van der Waals surface area contributed by atoms with E-state index in [0.717, 1.165) is 23.3 Å². The zero-order valence-electron chi connectivity index (χ0n) is 15.0. The number of carbonyl (C=O) groups is 1. The Bertz CT molecular complexity index is 954. The molecule has 1 amide bonds. The second-order valence-corrected chi connectivity index (χ2v) is 6.11. The summed E-state index contributed by atoms with van der Waals surface area (Å²) in [5.74, 6) is 0.191. The molecule has 1 heterocycles. The average Bonchev–Trinajstić information content (AvgIpc) is 3.21. The summed E-state index contributed by atoms with van der Waals surface area (Å²) >= 11 is 0. The first-order chi connectivity index (χ1) is 13.4. The van der Waals surface area contributed by atoms with E-state index in [1.54, 1.807) is 36.7 Å². The van der Waals surface area contributed by atoms with Gasteiger partial charge in [0.25, 0.3) is 5.91 Å². The highest BCUT2D eigenvalue weighted by Crippen LogP contribution is 2.30. The lowest BCUT2D eigenvalue weighted by Gasteiger charge is -2.11. The molecule has 0 aliphatic heterocycles. The third-order valence-electron chi connectivity index (χ3n) is 4.23. The summed E-state index contributed by atoms with van der Waals surface area (Å²) in [5, 5.41) is 9.33. The Kier molecular flexibility index (Phi) is 5.67. The molecule has 28 heavy (non-hydrogen) atoms. The summed E-state index contributed by atoms with van der Waals surface area (Å²) in [5.41, 5.74) is 1.82. The van der Waals surface area contributed by atoms with Gasteiger partial charge in [-0.1, -0.05) is 18.2 Å². The summed E-state index contributed by atoms with van der Waals surface area (Å²) in [6.45, 7) is 0.214. The molecule has 0 fully saturated rings. The fraction of sp³-hybridized carbons (Fsp3) is 0.200. The van der Waals surface area contributed by atoms with Crippen LogP contribution in [0.3, 0.4) is 0 Å². The van der Waals surface area contributed by atoms with Gasteiger partial charge in [-0.2, -0.15) is 18.3 Å². The van der Waals surface area contributed by atoms with Crippen LogP contribution in [-0.2, 0) is 12.6 Å². The molecule has 146 valence electrons. The van der Waals surface area contributed by atoms with Crippen molar-refractivity contribution in [3.8, 4) is 16.9 Å². The van der Waals surface area contributed by atoms with Gasteiger partial charge in [-0.3, -0.25) is 9.89 Å². The minimum Gasteiger partial charge on any atom is -0.496 e. The molecule has 2 aromatic carbocycles. The summed E-state index contributed by atoms with van der Waals surface area (Å²) in [6, 6.07) is 10.1. The van der Waals surface area contributed by atoms with E-state index < -0.39 is 11.7 Å². The van der Waals surface area contributed by atoms with Crippen molar-refractivity contribution >= 4 is 5.91 Å². The Balaban J connectivity index is 1.64. The number of aromatic nitrogens is 2. The molecule has 2 N–H and O–H groups in total. The van der Waals surface area contributed by atoms with Gasteiger partial charge in [-0.05, 0) is 36.2 Å². The van der Waals surface area contributed by atoms with Gasteiger partial charge in [-0.15, -0.1) is 0 Å². The van der Waals surface area contributed by atoms with Crippen LogP contribution in [0.25, 0.3) is 11.1 Å². The molecule has 3 aromatic rings. The lowest BCUT2D eigenvalue weighted by atomic mass is 10.0. The van der Waals surface area contributed by atoms with Crippen molar-refractivity contribution in [3.63, 3.8) is 0 Å². The highest BCUT2D eigenvalue weighted by Gasteiger charge is 2.30. The molecule has 1 aromatic heterocycles. The average molecular weight is 389 g/mol. The summed E-state index contributed by atoms with van der Waals surface area (Å²) in [7, 11) is 1.51. The van der Waals surface area contributed by atoms with Crippen molar-refractivity contribution in [1.82, 2.24) is 15.5 Å². The second-order valence-electron chi connectivity index (χ2n) is 6.11. The molecular formula is C20H18F3N3O2. The molecule has 0 atom stereocenters. The second kappa shape index (κ2) is 8.16. The van der Waals surface area contributed by atoms with E-state index in [-0.39, 0.29) is 12.5 Å². The van der Waals surface area contributed by atoms with Crippen LogP contribution < -0.4 is 10.1 Å². The number of methoxy groups -OCH3 is 1. The van der Waals surface area contributed by atoms with Crippen molar-refractivity contribution in [3.05, 3.63) is 71.5 Å². The Morgan fingerprint density at radius 1 is 1.21 bits per heavy atom. The predicted octanol–water partition coefficient (Wildman–Crippen LogP) is 4.08. The van der Waals surface area contributed by atoms with Gasteiger partial charge in [0.1, 0.15) is 5.75 Å². The topological polar surface area (TPSA) is 67.0 Å². The van der Waals surface area contributed by atoms with Gasteiger partial charge in [0.15, 0.2) is 0 Å². The maximum atomic E-state index is 12.8. The predicted molar refractivity (Wildman–Crippen MR) is 98.1 cm³/mol. The summed E-state index contributed by atoms with van der Waals surface area (Å²) < 4.78 is 43.6. The number of hydrogen-bond donors (Lipinski definition) is 2. The lowest BCUT2D eigenvalue weighted by Crippen LogP contribution is -2.25. The number of rotatable bonds is 6. The Labute approximate surface area is 159 Å². The maximum Gasteiger partial charge on any atom is 0.416 e. The number of hydrogen-bond acceptors (Lipinski definition) is 3. The van der Waals surface area contributed by atoms with Gasteiger partial charge in [0.05, 0.1) is 18.9 Å². The minimum atomic E-state index is -4.38. The van der Waals surface area contributed by atoms with E-state index in [4.69, 9.17) is 4.74 Å². The van der Waals surface area contributed by atoms with E-state index in [1.807, 2.05) is 0 Å². The van der Waals surface area contributed by atoms with Crippen LogP contribution in [0.15, 0.2) is 54.9 Å². The highest BCUT2D eigenvalue weighted by molar-refractivity contribution is 5.95. The third-order valence-corrected chi connectivity index (χ3v) is 4.23. The fourth-order valence-electron chi connectivity index (χ4n) is 2.79. The number of halogens is 3. The number of alkyl halides is 3. The van der Waals surface area contributed by atoms with Crippen molar-refractivity contribution in [2.45, 2.75) is 12.6 Å². The number of amides is 1. The largest absolute Gasteiger partial charge is 0.496 e. The summed E-state index contributed by atoms with van der Waals surface area (Å²) in [4.78, 5) is 12.4. The number of ether oxygens (including phenoxy) is 1. The number of carbonyl (C=O) groups excluding carboxylic acids is 1. The zero-order chi connectivity index (χ0) is 20.1. The number of nitrogens with zero attached hydrogens (tertiary/aromatic N) is 1. The van der Waals surface area contributed by atoms with Crippen molar-refractivity contribution in [1.29, 1.82) is 0 Å². The van der Waals surface area contributed by atoms with E-state index >= 15 is 0 Å². The first-order valence-electron chi connectivity index (χ1n) is 8.50. The molecule has 0 bridgehead atoms. The quantitative estimate of drug-likeness (QED) is 0.668. The molecule has 0 saturated carbocycles. The lowest BCUT2D eigenvalue weighted by molar-refractivity contribution is -0.137. The molecule has 0 saturated heterocycles. The number of benzene rings is 2. The minimum absolute atomic E-state index is 0.214. The molecule has 0 spiro atoms. The van der Waals surface area contributed by atoms with Gasteiger partial charge in [-0.25, -0.2) is 0 Å². The van der Waals surface area contributed by atoms with Crippen molar-refractivity contribution in [2.75, 3.05) is 13.7 Å². The normalized spacial score (nSPS) is 11.3. The number of H-pyrrole nitrogens is 1. The molecule has 8 heteroatoms. The zero-order valence-corrected chi connectivity index (χ0v) is 15.0. The van der Waals surface area contributed by atoms with Gasteiger partial charge in [0.2, 0.25) is 0 Å². The van der Waals surface area contributed by atoms with Crippen LogP contribution in [0, 0.1) is 0 Å². The first-order valence-corrected chi connectivity index (χ1v) is 8.50. The molecule has 5 nitrogen and oxygen atoms in total. The highest BCUT2D eigenvalue weighted by atomic mass is 19.4. The molecule has 0 radical (unpaired) electrons. The molecule has 0 aliphatic carbocycles. The van der Waals surface area contributed by atoms with Crippen LogP contribution in [0.2, 0.25) is 0 Å². The standard InChI is InChI=1S/C20H18F3N3O2/c1-28-18-10-14(5-6-17(18)15-11-25-26-12-15)19(27)24-8-7-13-3-2-4-16(9-13)20(21,22)23/h2-6,9-12H,7-8H2,1H3,(H,24,27)(H,25,26). The fourth-order valence-corrected chi connectivity index (χ4v) is 2.79. The van der Waals surface area contributed by atoms with Gasteiger partial charge < -0.3 is 10.1 Å². The Hall–Kier alpha value is -3.29. The van der Waals surface area contributed by atoms with Gasteiger partial charge >= 0.3 is 6.18 Å². The van der Waals surface area contributed by atoms with E-state index in [2.05, 4.69) is 15.5 Å². The molecule has 0 unspecified atom stereocenters. The molecule has 0 aliphatic rings. The van der Waals surface area contributed by atoms with Crippen LogP contribution in [-0.4, -0.2) is 29.8 Å². The van der Waals surface area contributed by atoms with Gasteiger partial charge in [0, 0.05) is 29.4 Å². The smallest absolute Gasteiger partial charge is 0.416 e. The number of aromatic amines is 1. The van der Waals surface area contributed by atoms with E-state index in [9.17, 15) is 18.0 Å². The third kappa shape index (κ3) is 4.51. The SMILES string of the molecule is COc1cc(C(=O)NCCc2cccc(C(F)(F)F)c2)ccc1-c1cn[nH]c1.